The van der Waals surface area contributed by atoms with Gasteiger partial charge in [-0.2, -0.15) is 13.2 Å². The monoisotopic (exact) mass is 289 g/mol. The van der Waals surface area contributed by atoms with Crippen molar-refractivity contribution in [3.8, 4) is 0 Å². The maximum atomic E-state index is 12.2. The van der Waals surface area contributed by atoms with Crippen molar-refractivity contribution in [2.45, 2.75) is 23.4 Å². The number of likely N-dealkylation sites (N-methyl/N-ethyl adjacent to an activating group) is 1. The van der Waals surface area contributed by atoms with E-state index in [0.717, 1.165) is 12.1 Å². The number of benzene rings is 1. The molecule has 0 spiro atoms. The van der Waals surface area contributed by atoms with Gasteiger partial charge < -0.3 is 10.6 Å². The third kappa shape index (κ3) is 3.34. The van der Waals surface area contributed by atoms with Crippen LogP contribution in [0.1, 0.15) is 18.5 Å². The number of nitrogens with two attached hydrogens (primary N) is 1. The number of guanidine groups is 1. The second-order valence-corrected chi connectivity index (χ2v) is 5.26. The fourth-order valence-electron chi connectivity index (χ4n) is 2.09. The van der Waals surface area contributed by atoms with Crippen LogP contribution in [0.2, 0.25) is 0 Å². The molecule has 1 atom stereocenters. The van der Waals surface area contributed by atoms with E-state index in [-0.39, 0.29) is 22.7 Å². The minimum atomic E-state index is -4.25. The van der Waals surface area contributed by atoms with Gasteiger partial charge in [0.05, 0.1) is 12.6 Å². The summed E-state index contributed by atoms with van der Waals surface area (Å²) >= 11 is -0.108. The second-order valence-electron chi connectivity index (χ2n) is 4.12. The molecule has 0 bridgehead atoms. The molecule has 1 unspecified atom stereocenters. The molecule has 1 aliphatic heterocycles. The van der Waals surface area contributed by atoms with E-state index >= 15 is 0 Å². The van der Waals surface area contributed by atoms with Crippen LogP contribution in [-0.2, 0) is 0 Å². The van der Waals surface area contributed by atoms with Crippen LogP contribution in [0.15, 0.2) is 34.2 Å². The summed E-state index contributed by atoms with van der Waals surface area (Å²) < 4.78 is 36.7. The summed E-state index contributed by atoms with van der Waals surface area (Å²) in [7, 11) is 0. The number of thioether (sulfide) groups is 1. The fourth-order valence-corrected chi connectivity index (χ4v) is 2.63. The van der Waals surface area contributed by atoms with Crippen LogP contribution in [0.5, 0.6) is 0 Å². The maximum Gasteiger partial charge on any atom is 0.446 e. The lowest BCUT2D eigenvalue weighted by molar-refractivity contribution is -0.0328. The molecule has 0 radical (unpaired) electrons. The van der Waals surface area contributed by atoms with E-state index in [1.54, 1.807) is 12.1 Å². The Bertz CT molecular complexity index is 470. The zero-order chi connectivity index (χ0) is 14.0. The summed E-state index contributed by atoms with van der Waals surface area (Å²) in [6.45, 7) is 3.24. The van der Waals surface area contributed by atoms with Crippen LogP contribution >= 0.6 is 11.8 Å². The summed E-state index contributed by atoms with van der Waals surface area (Å²) in [5, 5.41) is 0. The predicted octanol–water partition coefficient (Wildman–Crippen LogP) is 2.99. The highest BCUT2D eigenvalue weighted by Crippen LogP contribution is 2.37. The standard InChI is InChI=1S/C12H14F3N3S/c1-2-18-10(7-17-11(18)16)8-3-5-9(6-4-8)19-12(13,14)15/h3-6,10H,2,7H2,1H3,(H2,16,17). The van der Waals surface area contributed by atoms with E-state index < -0.39 is 5.51 Å². The summed E-state index contributed by atoms with van der Waals surface area (Å²) in [6, 6.07) is 6.39. The highest BCUT2D eigenvalue weighted by molar-refractivity contribution is 8.00. The zero-order valence-corrected chi connectivity index (χ0v) is 11.1. The van der Waals surface area contributed by atoms with Gasteiger partial charge in [-0.05, 0) is 36.4 Å². The Labute approximate surface area is 113 Å². The van der Waals surface area contributed by atoms with Crippen molar-refractivity contribution in [1.82, 2.24) is 4.90 Å². The van der Waals surface area contributed by atoms with E-state index in [2.05, 4.69) is 4.99 Å². The number of nitrogens with zero attached hydrogens (tertiary/aromatic N) is 2. The number of aliphatic imine (C=N–C) groups is 1. The molecular formula is C12H14F3N3S. The van der Waals surface area contributed by atoms with Crippen LogP contribution in [0, 0.1) is 0 Å². The first kappa shape index (κ1) is 14.0. The Morgan fingerprint density at radius 3 is 2.53 bits per heavy atom. The SMILES string of the molecule is CCN1C(N)=NCC1c1ccc(SC(F)(F)F)cc1. The molecule has 1 heterocycles. The summed E-state index contributed by atoms with van der Waals surface area (Å²) in [5.41, 5.74) is 2.43. The molecule has 104 valence electrons. The Kier molecular flexibility index (Phi) is 3.93. The van der Waals surface area contributed by atoms with E-state index in [1.165, 1.54) is 12.1 Å². The first-order valence-electron chi connectivity index (χ1n) is 5.83. The highest BCUT2D eigenvalue weighted by Gasteiger charge is 2.30. The number of halogens is 3. The number of hydrogen-bond acceptors (Lipinski definition) is 4. The van der Waals surface area contributed by atoms with Gasteiger partial charge in [0.1, 0.15) is 0 Å². The molecule has 0 saturated heterocycles. The molecule has 0 amide bonds. The quantitative estimate of drug-likeness (QED) is 0.870. The average molecular weight is 289 g/mol. The minimum Gasteiger partial charge on any atom is -0.370 e. The predicted molar refractivity (Wildman–Crippen MR) is 70.0 cm³/mol. The first-order chi connectivity index (χ1) is 8.90. The normalized spacial score (nSPS) is 19.7. The third-order valence-electron chi connectivity index (χ3n) is 2.94. The lowest BCUT2D eigenvalue weighted by Gasteiger charge is -2.25. The molecule has 2 N–H and O–H groups in total. The van der Waals surface area contributed by atoms with Gasteiger partial charge in [0.15, 0.2) is 5.96 Å². The molecule has 2 rings (SSSR count). The van der Waals surface area contributed by atoms with Crippen molar-refractivity contribution in [1.29, 1.82) is 0 Å². The largest absolute Gasteiger partial charge is 0.446 e. The topological polar surface area (TPSA) is 41.6 Å². The molecule has 0 saturated carbocycles. The van der Waals surface area contributed by atoms with Crippen molar-refractivity contribution < 1.29 is 13.2 Å². The molecule has 7 heteroatoms. The smallest absolute Gasteiger partial charge is 0.370 e. The van der Waals surface area contributed by atoms with Crippen molar-refractivity contribution >= 4 is 17.7 Å². The first-order valence-corrected chi connectivity index (χ1v) is 6.64. The third-order valence-corrected chi connectivity index (χ3v) is 3.68. The van der Waals surface area contributed by atoms with E-state index in [4.69, 9.17) is 5.73 Å². The van der Waals surface area contributed by atoms with Crippen LogP contribution in [0.4, 0.5) is 13.2 Å². The maximum absolute atomic E-state index is 12.2. The average Bonchev–Trinajstić information content (AvgIpc) is 2.69. The number of hydrogen-bond donors (Lipinski definition) is 1. The lowest BCUT2D eigenvalue weighted by Crippen LogP contribution is -2.35. The molecule has 19 heavy (non-hydrogen) atoms. The summed E-state index contributed by atoms with van der Waals surface area (Å²) in [4.78, 5) is 6.29. The van der Waals surface area contributed by atoms with Crippen LogP contribution < -0.4 is 5.73 Å². The van der Waals surface area contributed by atoms with Crippen molar-refractivity contribution in [2.75, 3.05) is 13.1 Å². The van der Waals surface area contributed by atoms with Crippen LogP contribution in [0.25, 0.3) is 0 Å². The van der Waals surface area contributed by atoms with Gasteiger partial charge >= 0.3 is 5.51 Å². The van der Waals surface area contributed by atoms with Gasteiger partial charge in [-0.1, -0.05) is 12.1 Å². The highest BCUT2D eigenvalue weighted by atomic mass is 32.2. The second kappa shape index (κ2) is 5.32. The lowest BCUT2D eigenvalue weighted by atomic mass is 10.1. The Morgan fingerprint density at radius 2 is 2.00 bits per heavy atom. The van der Waals surface area contributed by atoms with Gasteiger partial charge in [0, 0.05) is 11.4 Å². The minimum absolute atomic E-state index is 0.0231. The molecule has 0 fully saturated rings. The van der Waals surface area contributed by atoms with E-state index in [1.807, 2.05) is 11.8 Å². The summed E-state index contributed by atoms with van der Waals surface area (Å²) in [6.07, 6.45) is 0. The molecule has 1 aliphatic rings. The van der Waals surface area contributed by atoms with Crippen LogP contribution in [-0.4, -0.2) is 29.5 Å². The Morgan fingerprint density at radius 1 is 1.37 bits per heavy atom. The molecule has 1 aromatic rings. The zero-order valence-electron chi connectivity index (χ0n) is 10.3. The number of rotatable bonds is 3. The molecule has 1 aromatic carbocycles. The van der Waals surface area contributed by atoms with Crippen LogP contribution in [0.3, 0.4) is 0 Å². The van der Waals surface area contributed by atoms with E-state index in [9.17, 15) is 13.2 Å². The fraction of sp³-hybridized carbons (Fsp3) is 0.417. The number of alkyl halides is 3. The summed E-state index contributed by atoms with van der Waals surface area (Å²) in [5.74, 6) is 0.487. The Balaban J connectivity index is 2.11. The van der Waals surface area contributed by atoms with Gasteiger partial charge in [0.2, 0.25) is 0 Å². The molecule has 0 aliphatic carbocycles. The van der Waals surface area contributed by atoms with Crippen molar-refractivity contribution in [3.63, 3.8) is 0 Å². The molecule has 0 aromatic heterocycles. The molecular weight excluding hydrogens is 275 g/mol. The van der Waals surface area contributed by atoms with Crippen molar-refractivity contribution in [2.24, 2.45) is 10.7 Å². The van der Waals surface area contributed by atoms with Crippen molar-refractivity contribution in [3.05, 3.63) is 29.8 Å². The van der Waals surface area contributed by atoms with Gasteiger partial charge in [-0.3, -0.25) is 4.99 Å². The van der Waals surface area contributed by atoms with Gasteiger partial charge in [-0.25, -0.2) is 0 Å². The Hall–Kier alpha value is -1.37. The van der Waals surface area contributed by atoms with E-state index in [0.29, 0.717) is 12.5 Å². The molecule has 3 nitrogen and oxygen atoms in total. The van der Waals surface area contributed by atoms with Gasteiger partial charge in [0.25, 0.3) is 0 Å². The van der Waals surface area contributed by atoms with Gasteiger partial charge in [-0.15, -0.1) is 0 Å².